The third-order valence-corrected chi connectivity index (χ3v) is 2.87. The minimum absolute atomic E-state index is 0.0630. The predicted octanol–water partition coefficient (Wildman–Crippen LogP) is -1.07. The summed E-state index contributed by atoms with van der Waals surface area (Å²) in [7, 11) is 0. The molecule has 0 aliphatic carbocycles. The Morgan fingerprint density at radius 2 is 2.33 bits per heavy atom. The van der Waals surface area contributed by atoms with Crippen molar-refractivity contribution >= 4 is 6.04 Å². The summed E-state index contributed by atoms with van der Waals surface area (Å²) in [6, 6.07) is -0.474. The topological polar surface area (TPSA) is 101 Å². The zero-order valence-electron chi connectivity index (χ0n) is 9.21. The number of carbonyl (C=O) groups is 1. The minimum atomic E-state index is -1.59. The van der Waals surface area contributed by atoms with Crippen LogP contribution >= 0.6 is 0 Å². The molecular formula is C10H11FN2O5. The van der Waals surface area contributed by atoms with E-state index in [2.05, 4.69) is 0 Å². The van der Waals surface area contributed by atoms with Gasteiger partial charge in [0.15, 0.2) is 0 Å². The highest BCUT2D eigenvalue weighted by Gasteiger charge is 2.40. The van der Waals surface area contributed by atoms with E-state index in [0.29, 0.717) is 0 Å². The summed E-state index contributed by atoms with van der Waals surface area (Å²) in [5.74, 6) is -1.10. The molecule has 0 radical (unpaired) electrons. The van der Waals surface area contributed by atoms with Gasteiger partial charge < -0.3 is 9.84 Å². The second-order valence-electron chi connectivity index (χ2n) is 3.98. The van der Waals surface area contributed by atoms with Crippen molar-refractivity contribution in [2.45, 2.75) is 18.8 Å². The van der Waals surface area contributed by atoms with Gasteiger partial charge in [-0.1, -0.05) is 0 Å². The largest absolute Gasteiger partial charge is 0.394 e. The van der Waals surface area contributed by atoms with E-state index in [9.17, 15) is 18.8 Å². The van der Waals surface area contributed by atoms with Gasteiger partial charge in [-0.05, 0) is 0 Å². The number of nitrogens with zero attached hydrogens (tertiary/aromatic N) is 1. The number of aromatic amines is 1. The van der Waals surface area contributed by atoms with Crippen LogP contribution in [0, 0.1) is 5.92 Å². The molecule has 1 saturated heterocycles. The van der Waals surface area contributed by atoms with Crippen molar-refractivity contribution in [3.63, 3.8) is 0 Å². The fourth-order valence-electron chi connectivity index (χ4n) is 1.96. The Bertz CT molecular complexity index is 566. The lowest BCUT2D eigenvalue weighted by Crippen LogP contribution is -2.31. The Labute approximate surface area is 99.8 Å². The quantitative estimate of drug-likeness (QED) is 0.672. The van der Waals surface area contributed by atoms with E-state index >= 15 is 0 Å². The van der Waals surface area contributed by atoms with E-state index in [-0.39, 0.29) is 6.42 Å². The van der Waals surface area contributed by atoms with Gasteiger partial charge in [0.1, 0.15) is 6.23 Å². The van der Waals surface area contributed by atoms with Crippen LogP contribution in [0.3, 0.4) is 0 Å². The molecule has 0 spiro atoms. The molecule has 0 saturated carbocycles. The first-order valence-corrected chi connectivity index (χ1v) is 5.30. The Hall–Kier alpha value is -1.80. The average molecular weight is 258 g/mol. The number of halogens is 1. The second-order valence-corrected chi connectivity index (χ2v) is 3.98. The van der Waals surface area contributed by atoms with Gasteiger partial charge in [-0.15, -0.1) is 0 Å². The zero-order chi connectivity index (χ0) is 13.3. The Kier molecular flexibility index (Phi) is 3.39. The first-order chi connectivity index (χ1) is 8.52. The standard InChI is InChI=1S/C10H11FN2O5/c11-9(16)5-3-8(18-6(5)4-14)13-2-1-7(15)12-10(13)17/h1-2,5-6,8,14H,3-4H2,(H,12,15,17)/t5-,6+,8+/m0/s1. The third kappa shape index (κ3) is 2.24. The van der Waals surface area contributed by atoms with Crippen LogP contribution in [0.4, 0.5) is 4.39 Å². The summed E-state index contributed by atoms with van der Waals surface area (Å²) < 4.78 is 19.0. The number of carbonyl (C=O) groups excluding carboxylic acids is 1. The fourth-order valence-corrected chi connectivity index (χ4v) is 1.96. The number of ether oxygens (including phenoxy) is 1. The maximum atomic E-state index is 12.7. The summed E-state index contributed by atoms with van der Waals surface area (Å²) in [6.45, 7) is -0.519. The van der Waals surface area contributed by atoms with E-state index in [1.54, 1.807) is 0 Å². The maximum Gasteiger partial charge on any atom is 0.330 e. The van der Waals surface area contributed by atoms with Crippen LogP contribution < -0.4 is 11.2 Å². The molecule has 1 aliphatic heterocycles. The Morgan fingerprint density at radius 1 is 1.61 bits per heavy atom. The average Bonchev–Trinajstić information content (AvgIpc) is 2.73. The van der Waals surface area contributed by atoms with Gasteiger partial charge >= 0.3 is 11.7 Å². The smallest absolute Gasteiger partial charge is 0.330 e. The molecule has 98 valence electrons. The lowest BCUT2D eigenvalue weighted by Gasteiger charge is -2.13. The van der Waals surface area contributed by atoms with Gasteiger partial charge in [-0.3, -0.25) is 19.1 Å². The molecule has 8 heteroatoms. The highest BCUT2D eigenvalue weighted by atomic mass is 19.1. The second kappa shape index (κ2) is 4.83. The molecule has 7 nitrogen and oxygen atoms in total. The fraction of sp³-hybridized carbons (Fsp3) is 0.500. The van der Waals surface area contributed by atoms with E-state index in [1.807, 2.05) is 4.98 Å². The summed E-state index contributed by atoms with van der Waals surface area (Å²) >= 11 is 0. The third-order valence-electron chi connectivity index (χ3n) is 2.87. The van der Waals surface area contributed by atoms with Gasteiger partial charge in [0.2, 0.25) is 0 Å². The van der Waals surface area contributed by atoms with Crippen molar-refractivity contribution in [3.05, 3.63) is 33.1 Å². The Balaban J connectivity index is 2.28. The van der Waals surface area contributed by atoms with Gasteiger partial charge in [0.05, 0.1) is 18.6 Å². The van der Waals surface area contributed by atoms with Crippen LogP contribution in [0.5, 0.6) is 0 Å². The number of hydrogen-bond donors (Lipinski definition) is 2. The SMILES string of the molecule is O=C(F)[C@H]1C[C@H](n2ccc(=O)[nH]c2=O)O[C@@H]1CO. The van der Waals surface area contributed by atoms with Crippen LogP contribution in [0.1, 0.15) is 12.6 Å². The normalized spacial score (nSPS) is 27.3. The lowest BCUT2D eigenvalue weighted by atomic mass is 10.0. The molecule has 1 aromatic rings. The molecule has 18 heavy (non-hydrogen) atoms. The monoisotopic (exact) mass is 258 g/mol. The van der Waals surface area contributed by atoms with Gasteiger partial charge in [-0.2, -0.15) is 4.39 Å². The summed E-state index contributed by atoms with van der Waals surface area (Å²) in [4.78, 5) is 35.1. The van der Waals surface area contributed by atoms with Crippen LogP contribution in [-0.4, -0.2) is 33.4 Å². The molecule has 2 N–H and O–H groups in total. The molecule has 2 heterocycles. The molecule has 0 aromatic carbocycles. The van der Waals surface area contributed by atoms with Gasteiger partial charge in [-0.25, -0.2) is 4.79 Å². The number of aromatic nitrogens is 2. The lowest BCUT2D eigenvalue weighted by molar-refractivity contribution is -0.136. The Morgan fingerprint density at radius 3 is 2.83 bits per heavy atom. The van der Waals surface area contributed by atoms with E-state index in [0.717, 1.165) is 10.6 Å². The van der Waals surface area contributed by atoms with Crippen LogP contribution in [-0.2, 0) is 9.53 Å². The van der Waals surface area contributed by atoms with Crippen molar-refractivity contribution in [2.24, 2.45) is 5.92 Å². The highest BCUT2D eigenvalue weighted by Crippen LogP contribution is 2.33. The van der Waals surface area contributed by atoms with E-state index in [1.165, 1.54) is 6.20 Å². The molecule has 0 bridgehead atoms. The van der Waals surface area contributed by atoms with Crippen LogP contribution in [0.25, 0.3) is 0 Å². The van der Waals surface area contributed by atoms with Crippen LogP contribution in [0.15, 0.2) is 21.9 Å². The summed E-state index contributed by atoms with van der Waals surface area (Å²) in [5.41, 5.74) is -1.28. The number of aliphatic hydroxyl groups excluding tert-OH is 1. The molecule has 1 aromatic heterocycles. The zero-order valence-corrected chi connectivity index (χ0v) is 9.21. The molecule has 0 amide bonds. The van der Waals surface area contributed by atoms with E-state index in [4.69, 9.17) is 9.84 Å². The summed E-state index contributed by atoms with van der Waals surface area (Å²) in [5, 5.41) is 8.97. The van der Waals surface area contributed by atoms with Gasteiger partial charge in [0, 0.05) is 18.7 Å². The summed E-state index contributed by atoms with van der Waals surface area (Å²) in [6.07, 6.45) is -0.722. The molecular weight excluding hydrogens is 247 g/mol. The maximum absolute atomic E-state index is 12.7. The molecule has 3 atom stereocenters. The van der Waals surface area contributed by atoms with Crippen molar-refractivity contribution in [2.75, 3.05) is 6.61 Å². The predicted molar refractivity (Wildman–Crippen MR) is 56.5 cm³/mol. The molecule has 1 fully saturated rings. The molecule has 1 aliphatic rings. The number of nitrogens with one attached hydrogen (secondary N) is 1. The number of hydrogen-bond acceptors (Lipinski definition) is 5. The van der Waals surface area contributed by atoms with Crippen molar-refractivity contribution in [1.29, 1.82) is 0 Å². The first-order valence-electron chi connectivity index (χ1n) is 5.30. The highest BCUT2D eigenvalue weighted by molar-refractivity contribution is 5.72. The van der Waals surface area contributed by atoms with E-state index < -0.39 is 42.1 Å². The first kappa shape index (κ1) is 12.7. The van der Waals surface area contributed by atoms with Crippen molar-refractivity contribution < 1.29 is 19.0 Å². The van der Waals surface area contributed by atoms with Gasteiger partial charge in [0.25, 0.3) is 5.56 Å². The number of aliphatic hydroxyl groups is 1. The number of rotatable bonds is 3. The van der Waals surface area contributed by atoms with Crippen LogP contribution in [0.2, 0.25) is 0 Å². The molecule has 0 unspecified atom stereocenters. The number of H-pyrrole nitrogens is 1. The van der Waals surface area contributed by atoms with Crippen molar-refractivity contribution in [1.82, 2.24) is 9.55 Å². The minimum Gasteiger partial charge on any atom is -0.394 e. The molecule has 2 rings (SSSR count). The van der Waals surface area contributed by atoms with Crippen molar-refractivity contribution in [3.8, 4) is 0 Å².